The van der Waals surface area contributed by atoms with Gasteiger partial charge in [0.15, 0.2) is 5.16 Å². The van der Waals surface area contributed by atoms with Gasteiger partial charge in [-0.15, -0.1) is 0 Å². The minimum absolute atomic E-state index is 0.0270. The molecular weight excluding hydrogens is 284 g/mol. The highest BCUT2D eigenvalue weighted by atomic mass is 32.2. The van der Waals surface area contributed by atoms with Crippen LogP contribution in [0.15, 0.2) is 23.4 Å². The fraction of sp³-hybridized carbons (Fsp3) is 0.500. The summed E-state index contributed by atoms with van der Waals surface area (Å²) in [5.41, 5.74) is 3.21. The van der Waals surface area contributed by atoms with Gasteiger partial charge in [-0.1, -0.05) is 44.7 Å². The topological polar surface area (TPSA) is 55.1 Å². The number of carbonyl (C=O) groups is 1. The molecule has 0 radical (unpaired) electrons. The molecule has 4 nitrogen and oxygen atoms in total. The maximum Gasteiger partial charge on any atom is 0.313 e. The van der Waals surface area contributed by atoms with E-state index in [4.69, 9.17) is 5.11 Å². The van der Waals surface area contributed by atoms with Gasteiger partial charge >= 0.3 is 5.97 Å². The minimum atomic E-state index is -0.821. The summed E-state index contributed by atoms with van der Waals surface area (Å²) in [7, 11) is 0. The second kappa shape index (κ2) is 5.72. The molecule has 0 saturated heterocycles. The van der Waals surface area contributed by atoms with E-state index in [1.165, 1.54) is 11.8 Å². The summed E-state index contributed by atoms with van der Waals surface area (Å²) < 4.78 is 2.18. The smallest absolute Gasteiger partial charge is 0.313 e. The van der Waals surface area contributed by atoms with Crippen molar-refractivity contribution >= 4 is 28.8 Å². The number of nitrogens with zero attached hydrogens (tertiary/aromatic N) is 2. The molecular formula is C16H22N2O2S. The molecule has 21 heavy (non-hydrogen) atoms. The van der Waals surface area contributed by atoms with E-state index in [2.05, 4.69) is 43.3 Å². The molecule has 2 rings (SSSR count). The average Bonchev–Trinajstić information content (AvgIpc) is 2.74. The first-order valence-electron chi connectivity index (χ1n) is 7.04. The lowest BCUT2D eigenvalue weighted by atomic mass is 9.88. The highest BCUT2D eigenvalue weighted by Crippen LogP contribution is 2.37. The quantitative estimate of drug-likeness (QED) is 0.863. The molecule has 5 heteroatoms. The summed E-state index contributed by atoms with van der Waals surface area (Å²) in [6.07, 6.45) is 0. The summed E-state index contributed by atoms with van der Waals surface area (Å²) in [6.45, 7) is 10.8. The number of aryl methyl sites for hydroxylation is 1. The van der Waals surface area contributed by atoms with Crippen molar-refractivity contribution in [2.75, 3.05) is 5.75 Å². The van der Waals surface area contributed by atoms with E-state index in [0.29, 0.717) is 0 Å². The van der Waals surface area contributed by atoms with E-state index in [-0.39, 0.29) is 17.2 Å². The Labute approximate surface area is 129 Å². The van der Waals surface area contributed by atoms with Crippen LogP contribution in [0.2, 0.25) is 0 Å². The van der Waals surface area contributed by atoms with Crippen molar-refractivity contribution in [2.24, 2.45) is 5.41 Å². The summed E-state index contributed by atoms with van der Waals surface area (Å²) >= 11 is 1.29. The van der Waals surface area contributed by atoms with Gasteiger partial charge in [-0.2, -0.15) is 0 Å². The van der Waals surface area contributed by atoms with Crippen LogP contribution in [-0.2, 0) is 4.79 Å². The second-order valence-electron chi connectivity index (χ2n) is 6.43. The number of carboxylic acids is 1. The van der Waals surface area contributed by atoms with Crippen LogP contribution >= 0.6 is 11.8 Å². The molecule has 0 saturated carbocycles. The van der Waals surface area contributed by atoms with Crippen LogP contribution in [0.4, 0.5) is 0 Å². The molecule has 2 aromatic rings. The molecule has 0 spiro atoms. The number of imidazole rings is 1. The molecule has 0 aliphatic heterocycles. The highest BCUT2D eigenvalue weighted by Gasteiger charge is 2.26. The van der Waals surface area contributed by atoms with Crippen LogP contribution in [0.25, 0.3) is 11.0 Å². The van der Waals surface area contributed by atoms with Crippen LogP contribution in [0.1, 0.15) is 39.3 Å². The molecule has 1 N–H and O–H groups in total. The van der Waals surface area contributed by atoms with Gasteiger partial charge in [-0.3, -0.25) is 4.79 Å². The zero-order valence-corrected chi connectivity index (χ0v) is 14.0. The van der Waals surface area contributed by atoms with Crippen molar-refractivity contribution < 1.29 is 9.90 Å². The van der Waals surface area contributed by atoms with Crippen molar-refractivity contribution in [2.45, 2.75) is 45.8 Å². The van der Waals surface area contributed by atoms with Crippen molar-refractivity contribution in [3.63, 3.8) is 0 Å². The zero-order valence-electron chi connectivity index (χ0n) is 13.2. The fourth-order valence-electron chi connectivity index (χ4n) is 2.23. The predicted octanol–water partition coefficient (Wildman–Crippen LogP) is 4.13. The number of thioether (sulfide) groups is 1. The van der Waals surface area contributed by atoms with Crippen LogP contribution in [0, 0.1) is 12.3 Å². The zero-order chi connectivity index (χ0) is 15.8. The van der Waals surface area contributed by atoms with Crippen LogP contribution in [-0.4, -0.2) is 26.4 Å². The molecule has 0 amide bonds. The summed E-state index contributed by atoms with van der Waals surface area (Å²) in [5.74, 6) is -0.794. The Balaban J connectivity index is 2.60. The van der Waals surface area contributed by atoms with Gasteiger partial charge in [0.2, 0.25) is 0 Å². The number of carboxylic acid groups (broad SMARTS) is 1. The monoisotopic (exact) mass is 306 g/mol. The number of hydrogen-bond donors (Lipinski definition) is 1. The number of hydrogen-bond acceptors (Lipinski definition) is 3. The van der Waals surface area contributed by atoms with Crippen molar-refractivity contribution in [1.82, 2.24) is 9.55 Å². The summed E-state index contributed by atoms with van der Waals surface area (Å²) in [4.78, 5) is 15.6. The first kappa shape index (κ1) is 15.9. The molecule has 114 valence electrons. The van der Waals surface area contributed by atoms with Gasteiger partial charge in [0.05, 0.1) is 16.8 Å². The highest BCUT2D eigenvalue weighted by molar-refractivity contribution is 7.99. The van der Waals surface area contributed by atoms with E-state index in [1.807, 2.05) is 19.1 Å². The van der Waals surface area contributed by atoms with Crippen molar-refractivity contribution in [3.05, 3.63) is 23.8 Å². The molecule has 0 aliphatic carbocycles. The fourth-order valence-corrected chi connectivity index (χ4v) is 3.03. The third kappa shape index (κ3) is 3.23. The van der Waals surface area contributed by atoms with Crippen molar-refractivity contribution in [3.8, 4) is 0 Å². The SMILES string of the molecule is Cc1cccc2c1nc(SCC(=O)O)n2C(C)C(C)(C)C. The maximum atomic E-state index is 10.9. The van der Waals surface area contributed by atoms with E-state index >= 15 is 0 Å². The Kier molecular flexibility index (Phi) is 4.33. The number of para-hydroxylation sites is 1. The predicted molar refractivity (Wildman–Crippen MR) is 87.0 cm³/mol. The Hall–Kier alpha value is -1.49. The first-order chi connectivity index (χ1) is 9.71. The lowest BCUT2D eigenvalue weighted by Gasteiger charge is -2.30. The molecule has 0 bridgehead atoms. The average molecular weight is 306 g/mol. The van der Waals surface area contributed by atoms with Crippen LogP contribution in [0.5, 0.6) is 0 Å². The Morgan fingerprint density at radius 1 is 1.43 bits per heavy atom. The number of aliphatic carboxylic acids is 1. The molecule has 1 heterocycles. The molecule has 1 aromatic carbocycles. The molecule has 1 aromatic heterocycles. The minimum Gasteiger partial charge on any atom is -0.481 e. The van der Waals surface area contributed by atoms with E-state index in [1.54, 1.807) is 0 Å². The Morgan fingerprint density at radius 2 is 2.10 bits per heavy atom. The van der Waals surface area contributed by atoms with Gasteiger partial charge in [0.1, 0.15) is 0 Å². The Bertz CT molecular complexity index is 671. The van der Waals surface area contributed by atoms with E-state index < -0.39 is 5.97 Å². The number of rotatable bonds is 4. The molecule has 0 fully saturated rings. The maximum absolute atomic E-state index is 10.9. The van der Waals surface area contributed by atoms with Crippen molar-refractivity contribution in [1.29, 1.82) is 0 Å². The largest absolute Gasteiger partial charge is 0.481 e. The lowest BCUT2D eigenvalue weighted by molar-refractivity contribution is -0.133. The Morgan fingerprint density at radius 3 is 2.67 bits per heavy atom. The first-order valence-corrected chi connectivity index (χ1v) is 8.02. The van der Waals surface area contributed by atoms with Gasteiger partial charge in [-0.05, 0) is 30.9 Å². The molecule has 1 atom stereocenters. The van der Waals surface area contributed by atoms with Gasteiger partial charge in [-0.25, -0.2) is 4.98 Å². The normalized spacial score (nSPS) is 13.6. The third-order valence-corrected chi connectivity index (χ3v) is 4.79. The number of benzene rings is 1. The second-order valence-corrected chi connectivity index (χ2v) is 7.37. The van der Waals surface area contributed by atoms with E-state index in [0.717, 1.165) is 21.8 Å². The van der Waals surface area contributed by atoms with Gasteiger partial charge in [0, 0.05) is 6.04 Å². The number of aromatic nitrogens is 2. The van der Waals surface area contributed by atoms with E-state index in [9.17, 15) is 4.79 Å². The summed E-state index contributed by atoms with van der Waals surface area (Å²) in [6, 6.07) is 6.34. The van der Waals surface area contributed by atoms with Crippen LogP contribution < -0.4 is 0 Å². The van der Waals surface area contributed by atoms with Gasteiger partial charge < -0.3 is 9.67 Å². The summed E-state index contributed by atoms with van der Waals surface area (Å²) in [5, 5.41) is 9.72. The third-order valence-electron chi connectivity index (χ3n) is 3.85. The van der Waals surface area contributed by atoms with Gasteiger partial charge in [0.25, 0.3) is 0 Å². The molecule has 1 unspecified atom stereocenters. The number of fused-ring (bicyclic) bond motifs is 1. The molecule has 0 aliphatic rings. The lowest BCUT2D eigenvalue weighted by Crippen LogP contribution is -2.22. The van der Waals surface area contributed by atoms with Crippen LogP contribution in [0.3, 0.4) is 0 Å². The standard InChI is InChI=1S/C16H22N2O2S/c1-10-7-6-8-12-14(10)17-15(21-9-13(19)20)18(12)11(2)16(3,4)5/h6-8,11H,9H2,1-5H3,(H,19,20).